The van der Waals surface area contributed by atoms with Crippen molar-refractivity contribution in [2.75, 3.05) is 13.7 Å². The monoisotopic (exact) mass is 231 g/mol. The quantitative estimate of drug-likeness (QED) is 0.845. The standard InChI is InChI=1S/C15H21NO/c1-17-15-10-12-6-3-2-5-11(12)9-13(15)14-7-4-8-16-14/h9-10,14,16H,2-8H2,1H3. The van der Waals surface area contributed by atoms with Gasteiger partial charge in [-0.3, -0.25) is 0 Å². The summed E-state index contributed by atoms with van der Waals surface area (Å²) in [6, 6.07) is 5.19. The third-order valence-corrected chi connectivity index (χ3v) is 4.13. The van der Waals surface area contributed by atoms with Gasteiger partial charge in [0.1, 0.15) is 5.75 Å². The van der Waals surface area contributed by atoms with Gasteiger partial charge in [0.25, 0.3) is 0 Å². The second-order valence-electron chi connectivity index (χ2n) is 5.22. The molecule has 1 aromatic carbocycles. The van der Waals surface area contributed by atoms with Crippen LogP contribution in [0.2, 0.25) is 0 Å². The van der Waals surface area contributed by atoms with Gasteiger partial charge in [-0.1, -0.05) is 6.07 Å². The van der Waals surface area contributed by atoms with Crippen molar-refractivity contribution in [1.82, 2.24) is 5.32 Å². The summed E-state index contributed by atoms with van der Waals surface area (Å²) < 4.78 is 5.58. The molecule has 0 aromatic heterocycles. The third-order valence-electron chi connectivity index (χ3n) is 4.13. The van der Waals surface area contributed by atoms with Gasteiger partial charge in [-0.15, -0.1) is 0 Å². The second-order valence-corrected chi connectivity index (χ2v) is 5.22. The summed E-state index contributed by atoms with van der Waals surface area (Å²) in [5.74, 6) is 1.09. The number of rotatable bonds is 2. The number of hydrogen-bond acceptors (Lipinski definition) is 2. The molecule has 2 nitrogen and oxygen atoms in total. The maximum Gasteiger partial charge on any atom is 0.123 e. The minimum absolute atomic E-state index is 0.511. The molecule has 1 heterocycles. The van der Waals surface area contributed by atoms with Gasteiger partial charge in [0.2, 0.25) is 0 Å². The fraction of sp³-hybridized carbons (Fsp3) is 0.600. The number of hydrogen-bond donors (Lipinski definition) is 1. The van der Waals surface area contributed by atoms with Gasteiger partial charge in [-0.05, 0) is 62.3 Å². The topological polar surface area (TPSA) is 21.3 Å². The predicted molar refractivity (Wildman–Crippen MR) is 69.6 cm³/mol. The summed E-state index contributed by atoms with van der Waals surface area (Å²) in [4.78, 5) is 0. The van der Waals surface area contributed by atoms with Crippen LogP contribution in [0.3, 0.4) is 0 Å². The maximum atomic E-state index is 5.58. The van der Waals surface area contributed by atoms with Gasteiger partial charge in [0, 0.05) is 11.6 Å². The number of fused-ring (bicyclic) bond motifs is 1. The van der Waals surface area contributed by atoms with Gasteiger partial charge >= 0.3 is 0 Å². The molecule has 2 aliphatic rings. The number of aryl methyl sites for hydroxylation is 2. The molecule has 0 saturated carbocycles. The molecule has 1 atom stereocenters. The minimum atomic E-state index is 0.511. The van der Waals surface area contributed by atoms with Crippen LogP contribution in [-0.2, 0) is 12.8 Å². The van der Waals surface area contributed by atoms with E-state index in [1.807, 2.05) is 0 Å². The Morgan fingerprint density at radius 1 is 1.12 bits per heavy atom. The Labute approximate surface area is 103 Å². The second kappa shape index (κ2) is 4.69. The van der Waals surface area contributed by atoms with Crippen LogP contribution < -0.4 is 10.1 Å². The molecule has 1 fully saturated rings. The molecule has 0 bridgehead atoms. The molecule has 92 valence electrons. The zero-order chi connectivity index (χ0) is 11.7. The summed E-state index contributed by atoms with van der Waals surface area (Å²) in [7, 11) is 1.79. The molecule has 0 spiro atoms. The van der Waals surface area contributed by atoms with E-state index in [2.05, 4.69) is 17.4 Å². The van der Waals surface area contributed by atoms with Crippen LogP contribution in [0.4, 0.5) is 0 Å². The Bertz CT molecular complexity index is 408. The zero-order valence-electron chi connectivity index (χ0n) is 10.6. The number of ether oxygens (including phenoxy) is 1. The number of benzene rings is 1. The molecular weight excluding hydrogens is 210 g/mol. The van der Waals surface area contributed by atoms with E-state index in [0.29, 0.717) is 6.04 Å². The molecule has 3 rings (SSSR count). The summed E-state index contributed by atoms with van der Waals surface area (Å²) in [6.07, 6.45) is 7.68. The van der Waals surface area contributed by atoms with Gasteiger partial charge < -0.3 is 10.1 Å². The average molecular weight is 231 g/mol. The van der Waals surface area contributed by atoms with E-state index in [0.717, 1.165) is 12.3 Å². The highest BCUT2D eigenvalue weighted by Gasteiger charge is 2.22. The largest absolute Gasteiger partial charge is 0.496 e. The summed E-state index contributed by atoms with van der Waals surface area (Å²) in [6.45, 7) is 1.14. The van der Waals surface area contributed by atoms with E-state index in [1.165, 1.54) is 49.7 Å². The smallest absolute Gasteiger partial charge is 0.123 e. The first kappa shape index (κ1) is 11.1. The third kappa shape index (κ3) is 2.06. The fourth-order valence-corrected chi connectivity index (χ4v) is 3.18. The van der Waals surface area contributed by atoms with E-state index < -0.39 is 0 Å². The van der Waals surface area contributed by atoms with Crippen LogP contribution in [0.15, 0.2) is 12.1 Å². The van der Waals surface area contributed by atoms with Crippen molar-refractivity contribution in [3.63, 3.8) is 0 Å². The lowest BCUT2D eigenvalue weighted by Gasteiger charge is -2.22. The van der Waals surface area contributed by atoms with Crippen LogP contribution >= 0.6 is 0 Å². The van der Waals surface area contributed by atoms with Crippen LogP contribution in [-0.4, -0.2) is 13.7 Å². The van der Waals surface area contributed by atoms with Crippen LogP contribution in [0.25, 0.3) is 0 Å². The maximum absolute atomic E-state index is 5.58. The zero-order valence-corrected chi connectivity index (χ0v) is 10.6. The van der Waals surface area contributed by atoms with Crippen molar-refractivity contribution in [2.24, 2.45) is 0 Å². The Morgan fingerprint density at radius 3 is 2.53 bits per heavy atom. The Morgan fingerprint density at radius 2 is 1.88 bits per heavy atom. The molecule has 1 unspecified atom stereocenters. The summed E-state index contributed by atoms with van der Waals surface area (Å²) in [5.41, 5.74) is 4.45. The molecule has 1 saturated heterocycles. The molecule has 1 aliphatic heterocycles. The number of methoxy groups -OCH3 is 1. The lowest BCUT2D eigenvalue weighted by Crippen LogP contribution is -2.15. The van der Waals surface area contributed by atoms with E-state index in [-0.39, 0.29) is 0 Å². The predicted octanol–water partition coefficient (Wildman–Crippen LogP) is 3.00. The van der Waals surface area contributed by atoms with Crippen LogP contribution in [0, 0.1) is 0 Å². The molecule has 1 N–H and O–H groups in total. The van der Waals surface area contributed by atoms with Gasteiger partial charge in [-0.2, -0.15) is 0 Å². The molecule has 17 heavy (non-hydrogen) atoms. The highest BCUT2D eigenvalue weighted by molar-refractivity contribution is 5.45. The summed E-state index contributed by atoms with van der Waals surface area (Å²) in [5, 5.41) is 3.57. The van der Waals surface area contributed by atoms with E-state index in [9.17, 15) is 0 Å². The van der Waals surface area contributed by atoms with Gasteiger partial charge in [-0.25, -0.2) is 0 Å². The lowest BCUT2D eigenvalue weighted by molar-refractivity contribution is 0.402. The summed E-state index contributed by atoms with van der Waals surface area (Å²) >= 11 is 0. The Hall–Kier alpha value is -1.02. The first-order chi connectivity index (χ1) is 8.38. The van der Waals surface area contributed by atoms with E-state index >= 15 is 0 Å². The first-order valence-corrected chi connectivity index (χ1v) is 6.81. The molecular formula is C15H21NO. The van der Waals surface area contributed by atoms with Crippen molar-refractivity contribution < 1.29 is 4.74 Å². The van der Waals surface area contributed by atoms with Crippen molar-refractivity contribution in [1.29, 1.82) is 0 Å². The Balaban J connectivity index is 2.00. The molecule has 1 aromatic rings. The van der Waals surface area contributed by atoms with Crippen molar-refractivity contribution >= 4 is 0 Å². The lowest BCUT2D eigenvalue weighted by atomic mass is 9.88. The average Bonchev–Trinajstić information content (AvgIpc) is 2.91. The van der Waals surface area contributed by atoms with Gasteiger partial charge in [0.15, 0.2) is 0 Å². The fourth-order valence-electron chi connectivity index (χ4n) is 3.18. The highest BCUT2D eigenvalue weighted by Crippen LogP contribution is 2.35. The van der Waals surface area contributed by atoms with Gasteiger partial charge in [0.05, 0.1) is 7.11 Å². The molecule has 0 radical (unpaired) electrons. The van der Waals surface area contributed by atoms with Crippen LogP contribution in [0.1, 0.15) is 48.4 Å². The molecule has 2 heteroatoms. The first-order valence-electron chi connectivity index (χ1n) is 6.81. The van der Waals surface area contributed by atoms with E-state index in [4.69, 9.17) is 4.74 Å². The molecule has 0 amide bonds. The van der Waals surface area contributed by atoms with Crippen molar-refractivity contribution in [3.8, 4) is 5.75 Å². The Kier molecular flexibility index (Phi) is 3.06. The number of nitrogens with one attached hydrogen (secondary N) is 1. The normalized spacial score (nSPS) is 23.5. The minimum Gasteiger partial charge on any atom is -0.496 e. The van der Waals surface area contributed by atoms with Crippen molar-refractivity contribution in [3.05, 3.63) is 28.8 Å². The highest BCUT2D eigenvalue weighted by atomic mass is 16.5. The molecule has 1 aliphatic carbocycles. The SMILES string of the molecule is COc1cc2c(cc1C1CCCN1)CCCC2. The van der Waals surface area contributed by atoms with Crippen LogP contribution in [0.5, 0.6) is 5.75 Å². The van der Waals surface area contributed by atoms with E-state index in [1.54, 1.807) is 12.7 Å². The van der Waals surface area contributed by atoms with Crippen molar-refractivity contribution in [2.45, 2.75) is 44.6 Å².